The molecule has 4 rings (SSSR count). The first-order chi connectivity index (χ1) is 18.2. The van der Waals surface area contributed by atoms with E-state index in [1.807, 2.05) is 36.4 Å². The van der Waals surface area contributed by atoms with Crippen molar-refractivity contribution in [1.29, 1.82) is 0 Å². The Hall–Kier alpha value is -1.87. The van der Waals surface area contributed by atoms with Crippen LogP contribution in [0.1, 0.15) is 51.2 Å². The molecule has 2 aliphatic rings. The quantitative estimate of drug-likeness (QED) is 0.254. The van der Waals surface area contributed by atoms with Gasteiger partial charge in [-0.2, -0.15) is 0 Å². The van der Waals surface area contributed by atoms with E-state index in [0.717, 1.165) is 17.4 Å². The van der Waals surface area contributed by atoms with Crippen LogP contribution in [0.4, 0.5) is 0 Å². The topological polar surface area (TPSA) is 63.2 Å². The number of hydrogen-bond acceptors (Lipinski definition) is 6. The summed E-state index contributed by atoms with van der Waals surface area (Å²) in [5.41, 5.74) is 2.24. The lowest BCUT2D eigenvalue weighted by Gasteiger charge is -2.50. The van der Waals surface area contributed by atoms with E-state index in [-0.39, 0.29) is 41.7 Å². The summed E-state index contributed by atoms with van der Waals surface area (Å²) < 4.78 is 32.5. The van der Waals surface area contributed by atoms with Gasteiger partial charge in [-0.15, -0.1) is 0 Å². The molecule has 0 N–H and O–H groups in total. The van der Waals surface area contributed by atoms with Gasteiger partial charge in [0.1, 0.15) is 12.4 Å². The van der Waals surface area contributed by atoms with Crippen LogP contribution < -0.4 is 0 Å². The van der Waals surface area contributed by atoms with Crippen molar-refractivity contribution in [2.24, 2.45) is 0 Å². The van der Waals surface area contributed by atoms with Crippen LogP contribution in [0.2, 0.25) is 18.1 Å². The Bertz CT molecular complexity index is 992. The summed E-state index contributed by atoms with van der Waals surface area (Å²) in [6, 6.07) is 20.3. The van der Waals surface area contributed by atoms with E-state index in [2.05, 4.69) is 58.1 Å². The summed E-state index contributed by atoms with van der Waals surface area (Å²) >= 11 is 0. The fraction of sp³-hybridized carbons (Fsp3) is 0.581. The molecule has 0 bridgehead atoms. The SMILES string of the molecule is CC(C)(C)[Si](C)(C)O[C@@H]1C[C@@H]2O[C@H](COCc3ccccc3)[C@@H](OCc3ccccc3)C[C@H]2O[C@H]1CC=O. The fourth-order valence-corrected chi connectivity index (χ4v) is 6.28. The van der Waals surface area contributed by atoms with E-state index in [1.165, 1.54) is 0 Å². The van der Waals surface area contributed by atoms with Crippen LogP contribution in [-0.4, -0.2) is 57.8 Å². The van der Waals surface area contributed by atoms with Gasteiger partial charge in [0.05, 0.1) is 50.3 Å². The Labute approximate surface area is 229 Å². The molecule has 0 radical (unpaired) electrons. The molecular weight excluding hydrogens is 496 g/mol. The molecule has 0 saturated carbocycles. The molecule has 2 fully saturated rings. The summed E-state index contributed by atoms with van der Waals surface area (Å²) in [5.74, 6) is 0. The average Bonchev–Trinajstić information content (AvgIpc) is 2.88. The number of hydrogen-bond donors (Lipinski definition) is 0. The van der Waals surface area contributed by atoms with Gasteiger partial charge in [0.25, 0.3) is 0 Å². The first-order valence-electron chi connectivity index (χ1n) is 13.9. The molecule has 0 aromatic heterocycles. The molecular formula is C31H44O6Si. The highest BCUT2D eigenvalue weighted by Gasteiger charge is 2.49. The highest BCUT2D eigenvalue weighted by Crippen LogP contribution is 2.41. The van der Waals surface area contributed by atoms with Crippen molar-refractivity contribution < 1.29 is 28.2 Å². The molecule has 6 atom stereocenters. The zero-order valence-electron chi connectivity index (χ0n) is 23.5. The predicted octanol–water partition coefficient (Wildman–Crippen LogP) is 6.08. The first kappa shape index (κ1) is 29.1. The minimum Gasteiger partial charge on any atom is -0.411 e. The van der Waals surface area contributed by atoms with Crippen LogP contribution in [0.15, 0.2) is 60.7 Å². The van der Waals surface area contributed by atoms with Gasteiger partial charge in [-0.1, -0.05) is 81.4 Å². The number of rotatable bonds is 11. The second-order valence-corrected chi connectivity index (χ2v) is 16.8. The van der Waals surface area contributed by atoms with Crippen LogP contribution in [0.25, 0.3) is 0 Å². The minimum absolute atomic E-state index is 0.0627. The maximum atomic E-state index is 11.6. The molecule has 7 heteroatoms. The molecule has 2 aromatic rings. The standard InChI is InChI=1S/C31H44O6Si/c1-31(2,3)38(4,5)37-29-19-28-27(35-25(29)16-17-32)18-26(34-21-24-14-10-7-11-15-24)30(36-28)22-33-20-23-12-8-6-9-13-23/h6-15,17,25-30H,16,18-22H2,1-5H3/t25-,26-,27+,28-,29+,30+/m0/s1. The van der Waals surface area contributed by atoms with Crippen LogP contribution in [0, 0.1) is 0 Å². The Balaban J connectivity index is 1.46. The third kappa shape index (κ3) is 7.62. The van der Waals surface area contributed by atoms with Gasteiger partial charge in [0.15, 0.2) is 8.32 Å². The van der Waals surface area contributed by atoms with Crippen molar-refractivity contribution in [3.05, 3.63) is 71.8 Å². The molecule has 208 valence electrons. The van der Waals surface area contributed by atoms with Crippen molar-refractivity contribution in [1.82, 2.24) is 0 Å². The van der Waals surface area contributed by atoms with Crippen molar-refractivity contribution in [3.63, 3.8) is 0 Å². The van der Waals surface area contributed by atoms with Crippen molar-refractivity contribution >= 4 is 14.6 Å². The monoisotopic (exact) mass is 540 g/mol. The van der Waals surface area contributed by atoms with E-state index in [9.17, 15) is 4.79 Å². The summed E-state index contributed by atoms with van der Waals surface area (Å²) in [6.45, 7) is 12.6. The second-order valence-electron chi connectivity index (χ2n) is 12.1. The second kappa shape index (κ2) is 13.0. The van der Waals surface area contributed by atoms with Crippen molar-refractivity contribution in [2.45, 2.75) is 108 Å². The van der Waals surface area contributed by atoms with E-state index in [0.29, 0.717) is 39.1 Å². The molecule has 2 aromatic carbocycles. The summed E-state index contributed by atoms with van der Waals surface area (Å²) in [7, 11) is -2.06. The predicted molar refractivity (Wildman–Crippen MR) is 150 cm³/mol. The van der Waals surface area contributed by atoms with Crippen molar-refractivity contribution in [3.8, 4) is 0 Å². The normalized spacial score (nSPS) is 28.0. The average molecular weight is 541 g/mol. The Morgan fingerprint density at radius 2 is 1.39 bits per heavy atom. The number of fused-ring (bicyclic) bond motifs is 1. The highest BCUT2D eigenvalue weighted by atomic mass is 28.4. The number of carbonyl (C=O) groups excluding carboxylic acids is 1. The van der Waals surface area contributed by atoms with Crippen LogP contribution in [-0.2, 0) is 41.4 Å². The molecule has 2 heterocycles. The molecule has 0 amide bonds. The zero-order valence-corrected chi connectivity index (χ0v) is 24.5. The fourth-order valence-electron chi connectivity index (χ4n) is 4.92. The molecule has 6 nitrogen and oxygen atoms in total. The Kier molecular flexibility index (Phi) is 9.95. The van der Waals surface area contributed by atoms with Crippen LogP contribution in [0.5, 0.6) is 0 Å². The van der Waals surface area contributed by atoms with Gasteiger partial charge in [-0.25, -0.2) is 0 Å². The van der Waals surface area contributed by atoms with Gasteiger partial charge in [0.2, 0.25) is 0 Å². The maximum Gasteiger partial charge on any atom is 0.192 e. The van der Waals surface area contributed by atoms with Gasteiger partial charge in [0, 0.05) is 19.3 Å². The van der Waals surface area contributed by atoms with Gasteiger partial charge < -0.3 is 28.2 Å². The Morgan fingerprint density at radius 1 is 0.842 bits per heavy atom. The number of carbonyl (C=O) groups is 1. The van der Waals surface area contributed by atoms with E-state index in [1.54, 1.807) is 0 Å². The summed E-state index contributed by atoms with van der Waals surface area (Å²) in [4.78, 5) is 11.6. The third-order valence-electron chi connectivity index (χ3n) is 8.15. The summed E-state index contributed by atoms with van der Waals surface area (Å²) in [6.07, 6.45) is 1.55. The maximum absolute atomic E-state index is 11.6. The lowest BCUT2D eigenvalue weighted by atomic mass is 9.89. The number of benzene rings is 2. The molecule has 38 heavy (non-hydrogen) atoms. The Morgan fingerprint density at radius 3 is 1.97 bits per heavy atom. The molecule has 0 unspecified atom stereocenters. The smallest absolute Gasteiger partial charge is 0.192 e. The van der Waals surface area contributed by atoms with Gasteiger partial charge in [-0.05, 0) is 29.3 Å². The minimum atomic E-state index is -2.06. The van der Waals surface area contributed by atoms with E-state index < -0.39 is 8.32 Å². The lowest BCUT2D eigenvalue weighted by Crippen LogP contribution is -2.59. The van der Waals surface area contributed by atoms with Gasteiger partial charge in [-0.3, -0.25) is 0 Å². The largest absolute Gasteiger partial charge is 0.411 e. The molecule has 2 aliphatic heterocycles. The van der Waals surface area contributed by atoms with Crippen molar-refractivity contribution in [2.75, 3.05) is 6.61 Å². The summed E-state index contributed by atoms with van der Waals surface area (Å²) in [5, 5.41) is 0.0627. The number of ether oxygens (including phenoxy) is 4. The van der Waals surface area contributed by atoms with Gasteiger partial charge >= 0.3 is 0 Å². The number of aldehydes is 1. The molecule has 2 saturated heterocycles. The molecule has 0 aliphatic carbocycles. The van der Waals surface area contributed by atoms with Crippen LogP contribution >= 0.6 is 0 Å². The highest BCUT2D eigenvalue weighted by molar-refractivity contribution is 6.74. The first-order valence-corrected chi connectivity index (χ1v) is 16.8. The van der Waals surface area contributed by atoms with E-state index in [4.69, 9.17) is 23.4 Å². The van der Waals surface area contributed by atoms with Crippen LogP contribution in [0.3, 0.4) is 0 Å². The third-order valence-corrected chi connectivity index (χ3v) is 12.7. The zero-order chi connectivity index (χ0) is 27.2. The van der Waals surface area contributed by atoms with E-state index >= 15 is 0 Å². The molecule has 0 spiro atoms. The lowest BCUT2D eigenvalue weighted by molar-refractivity contribution is -0.256.